The van der Waals surface area contributed by atoms with Gasteiger partial charge in [-0.25, -0.2) is 4.98 Å². The van der Waals surface area contributed by atoms with Crippen LogP contribution in [0.15, 0.2) is 59.0 Å². The van der Waals surface area contributed by atoms with Crippen molar-refractivity contribution >= 4 is 0 Å². The van der Waals surface area contributed by atoms with Crippen molar-refractivity contribution in [3.63, 3.8) is 0 Å². The zero-order chi connectivity index (χ0) is 16.8. The SMILES string of the molecule is COc1ccc(-c2nc(CCCOc3ccccc3)c(C)o2)cc1. The number of hydrogen-bond acceptors (Lipinski definition) is 4. The van der Waals surface area contributed by atoms with Gasteiger partial charge in [-0.3, -0.25) is 0 Å². The second-order valence-electron chi connectivity index (χ2n) is 5.52. The number of aromatic nitrogens is 1. The molecule has 0 radical (unpaired) electrons. The molecule has 0 atom stereocenters. The van der Waals surface area contributed by atoms with Crippen LogP contribution in [0.25, 0.3) is 11.5 Å². The first-order valence-electron chi connectivity index (χ1n) is 8.05. The van der Waals surface area contributed by atoms with Crippen LogP contribution in [0, 0.1) is 6.92 Å². The molecule has 0 N–H and O–H groups in total. The lowest BCUT2D eigenvalue weighted by molar-refractivity contribution is 0.310. The fourth-order valence-corrected chi connectivity index (χ4v) is 2.46. The third-order valence-electron chi connectivity index (χ3n) is 3.80. The van der Waals surface area contributed by atoms with Crippen LogP contribution in [0.1, 0.15) is 17.9 Å². The summed E-state index contributed by atoms with van der Waals surface area (Å²) in [5, 5.41) is 0. The van der Waals surface area contributed by atoms with E-state index in [4.69, 9.17) is 13.9 Å². The molecule has 0 amide bonds. The van der Waals surface area contributed by atoms with Crippen molar-refractivity contribution in [2.75, 3.05) is 13.7 Å². The van der Waals surface area contributed by atoms with Crippen molar-refractivity contribution in [3.05, 3.63) is 66.1 Å². The van der Waals surface area contributed by atoms with Crippen LogP contribution in [-0.4, -0.2) is 18.7 Å². The van der Waals surface area contributed by atoms with Crippen molar-refractivity contribution in [3.8, 4) is 23.0 Å². The number of nitrogens with zero attached hydrogens (tertiary/aromatic N) is 1. The van der Waals surface area contributed by atoms with E-state index in [1.807, 2.05) is 61.5 Å². The predicted octanol–water partition coefficient (Wildman–Crippen LogP) is 4.67. The highest BCUT2D eigenvalue weighted by Gasteiger charge is 2.11. The lowest BCUT2D eigenvalue weighted by Crippen LogP contribution is -2.00. The molecule has 24 heavy (non-hydrogen) atoms. The van der Waals surface area contributed by atoms with Gasteiger partial charge in [-0.2, -0.15) is 0 Å². The molecule has 3 aromatic rings. The van der Waals surface area contributed by atoms with E-state index in [-0.39, 0.29) is 0 Å². The third-order valence-corrected chi connectivity index (χ3v) is 3.80. The summed E-state index contributed by atoms with van der Waals surface area (Å²) >= 11 is 0. The Morgan fingerprint density at radius 3 is 2.42 bits per heavy atom. The molecular weight excluding hydrogens is 302 g/mol. The van der Waals surface area contributed by atoms with Gasteiger partial charge < -0.3 is 13.9 Å². The van der Waals surface area contributed by atoms with E-state index >= 15 is 0 Å². The van der Waals surface area contributed by atoms with Gasteiger partial charge in [0.25, 0.3) is 0 Å². The fourth-order valence-electron chi connectivity index (χ4n) is 2.46. The van der Waals surface area contributed by atoms with E-state index in [1.54, 1.807) is 7.11 Å². The van der Waals surface area contributed by atoms with Gasteiger partial charge in [0.2, 0.25) is 5.89 Å². The Bertz CT molecular complexity index is 763. The molecule has 0 aliphatic carbocycles. The Morgan fingerprint density at radius 1 is 0.958 bits per heavy atom. The fraction of sp³-hybridized carbons (Fsp3) is 0.250. The molecular formula is C20H21NO3. The minimum atomic E-state index is 0.647. The zero-order valence-electron chi connectivity index (χ0n) is 14.0. The average Bonchev–Trinajstić information content (AvgIpc) is 3.00. The van der Waals surface area contributed by atoms with Gasteiger partial charge in [-0.05, 0) is 56.2 Å². The van der Waals surface area contributed by atoms with Crippen LogP contribution >= 0.6 is 0 Å². The summed E-state index contributed by atoms with van der Waals surface area (Å²) in [4.78, 5) is 4.62. The van der Waals surface area contributed by atoms with E-state index < -0.39 is 0 Å². The summed E-state index contributed by atoms with van der Waals surface area (Å²) in [5.41, 5.74) is 1.93. The largest absolute Gasteiger partial charge is 0.497 e. The lowest BCUT2D eigenvalue weighted by Gasteiger charge is -2.04. The number of rotatable bonds is 7. The van der Waals surface area contributed by atoms with Crippen molar-refractivity contribution in [1.82, 2.24) is 4.98 Å². The topological polar surface area (TPSA) is 44.5 Å². The number of benzene rings is 2. The maximum absolute atomic E-state index is 5.80. The highest BCUT2D eigenvalue weighted by molar-refractivity contribution is 5.55. The van der Waals surface area contributed by atoms with Gasteiger partial charge in [0.1, 0.15) is 17.3 Å². The number of hydrogen-bond donors (Lipinski definition) is 0. The standard InChI is InChI=1S/C20H21NO3/c1-15-19(9-6-14-23-18-7-4-3-5-8-18)21-20(24-15)16-10-12-17(22-2)13-11-16/h3-5,7-8,10-13H,6,9,14H2,1-2H3. The van der Waals surface area contributed by atoms with Gasteiger partial charge in [0.15, 0.2) is 0 Å². The molecule has 0 aliphatic heterocycles. The summed E-state index contributed by atoms with van der Waals surface area (Å²) in [6.45, 7) is 2.61. The number of para-hydroxylation sites is 1. The second kappa shape index (κ2) is 7.68. The molecule has 2 aromatic carbocycles. The molecule has 0 aliphatic rings. The van der Waals surface area contributed by atoms with Gasteiger partial charge in [-0.1, -0.05) is 18.2 Å². The van der Waals surface area contributed by atoms with E-state index in [0.29, 0.717) is 12.5 Å². The molecule has 1 heterocycles. The predicted molar refractivity (Wildman–Crippen MR) is 93.5 cm³/mol. The van der Waals surface area contributed by atoms with E-state index in [9.17, 15) is 0 Å². The van der Waals surface area contributed by atoms with Crippen molar-refractivity contribution in [1.29, 1.82) is 0 Å². The van der Waals surface area contributed by atoms with E-state index in [1.165, 1.54) is 0 Å². The summed E-state index contributed by atoms with van der Waals surface area (Å²) in [6.07, 6.45) is 1.72. The molecule has 0 unspecified atom stereocenters. The van der Waals surface area contributed by atoms with Crippen LogP contribution in [0.4, 0.5) is 0 Å². The normalized spacial score (nSPS) is 10.6. The van der Waals surface area contributed by atoms with E-state index in [0.717, 1.165) is 41.4 Å². The Hall–Kier alpha value is -2.75. The first-order valence-corrected chi connectivity index (χ1v) is 8.05. The lowest BCUT2D eigenvalue weighted by atomic mass is 10.2. The number of aryl methyl sites for hydroxylation is 2. The Labute approximate surface area is 142 Å². The highest BCUT2D eigenvalue weighted by atomic mass is 16.5. The highest BCUT2D eigenvalue weighted by Crippen LogP contribution is 2.24. The van der Waals surface area contributed by atoms with Crippen molar-refractivity contribution < 1.29 is 13.9 Å². The summed E-state index contributed by atoms with van der Waals surface area (Å²) < 4.78 is 16.7. The molecule has 0 bridgehead atoms. The number of ether oxygens (including phenoxy) is 2. The van der Waals surface area contributed by atoms with Gasteiger partial charge in [0, 0.05) is 5.56 Å². The van der Waals surface area contributed by atoms with Gasteiger partial charge in [0.05, 0.1) is 19.4 Å². The van der Waals surface area contributed by atoms with Crippen LogP contribution in [0.3, 0.4) is 0 Å². The molecule has 3 rings (SSSR count). The maximum Gasteiger partial charge on any atom is 0.226 e. The van der Waals surface area contributed by atoms with Crippen LogP contribution in [0.5, 0.6) is 11.5 Å². The number of oxazole rings is 1. The molecule has 0 saturated heterocycles. The van der Waals surface area contributed by atoms with Crippen molar-refractivity contribution in [2.24, 2.45) is 0 Å². The summed E-state index contributed by atoms with van der Waals surface area (Å²) in [5.74, 6) is 3.23. The second-order valence-corrected chi connectivity index (χ2v) is 5.52. The Balaban J connectivity index is 1.57. The average molecular weight is 323 g/mol. The minimum absolute atomic E-state index is 0.647. The summed E-state index contributed by atoms with van der Waals surface area (Å²) in [7, 11) is 1.65. The first kappa shape index (κ1) is 16.1. The Kier molecular flexibility index (Phi) is 5.16. The third kappa shape index (κ3) is 3.96. The molecule has 4 heteroatoms. The van der Waals surface area contributed by atoms with Crippen LogP contribution < -0.4 is 9.47 Å². The number of methoxy groups -OCH3 is 1. The van der Waals surface area contributed by atoms with Gasteiger partial charge >= 0.3 is 0 Å². The summed E-state index contributed by atoms with van der Waals surface area (Å²) in [6, 6.07) is 17.6. The molecule has 0 fully saturated rings. The molecule has 124 valence electrons. The van der Waals surface area contributed by atoms with Crippen molar-refractivity contribution in [2.45, 2.75) is 19.8 Å². The monoisotopic (exact) mass is 323 g/mol. The smallest absolute Gasteiger partial charge is 0.226 e. The first-order chi connectivity index (χ1) is 11.8. The molecule has 0 saturated carbocycles. The molecule has 0 spiro atoms. The van der Waals surface area contributed by atoms with E-state index in [2.05, 4.69) is 4.98 Å². The maximum atomic E-state index is 5.80. The zero-order valence-corrected chi connectivity index (χ0v) is 14.0. The van der Waals surface area contributed by atoms with Crippen LogP contribution in [0.2, 0.25) is 0 Å². The Morgan fingerprint density at radius 2 is 1.71 bits per heavy atom. The van der Waals surface area contributed by atoms with Crippen LogP contribution in [-0.2, 0) is 6.42 Å². The minimum Gasteiger partial charge on any atom is -0.497 e. The van der Waals surface area contributed by atoms with Gasteiger partial charge in [-0.15, -0.1) is 0 Å². The molecule has 4 nitrogen and oxygen atoms in total. The quantitative estimate of drug-likeness (QED) is 0.593. The molecule has 1 aromatic heterocycles.